The standard InChI is InChI=1S/C13H12FNO3S/c1-9-8-10(6-7-11(9)14)15-19(17,18)13-5-3-2-4-12(13)16/h2-8,15-16H,1H3. The van der Waals surface area contributed by atoms with E-state index in [1.54, 1.807) is 0 Å². The first kappa shape index (κ1) is 13.4. The molecule has 2 aromatic rings. The van der Waals surface area contributed by atoms with E-state index in [9.17, 15) is 17.9 Å². The molecule has 0 aromatic heterocycles. The normalized spacial score (nSPS) is 11.3. The third-order valence-electron chi connectivity index (χ3n) is 2.56. The van der Waals surface area contributed by atoms with Gasteiger partial charge in [-0.05, 0) is 42.8 Å². The van der Waals surface area contributed by atoms with Crippen LogP contribution >= 0.6 is 0 Å². The minimum absolute atomic E-state index is 0.225. The summed E-state index contributed by atoms with van der Waals surface area (Å²) in [4.78, 5) is -0.225. The van der Waals surface area contributed by atoms with E-state index in [0.29, 0.717) is 5.56 Å². The van der Waals surface area contributed by atoms with E-state index in [2.05, 4.69) is 4.72 Å². The molecule has 0 aliphatic rings. The number of halogens is 1. The van der Waals surface area contributed by atoms with Crippen molar-refractivity contribution in [3.63, 3.8) is 0 Å². The molecule has 4 nitrogen and oxygen atoms in total. The number of hydrogen-bond donors (Lipinski definition) is 2. The summed E-state index contributed by atoms with van der Waals surface area (Å²) < 4.78 is 39.5. The van der Waals surface area contributed by atoms with Crippen molar-refractivity contribution in [3.05, 3.63) is 53.8 Å². The summed E-state index contributed by atoms with van der Waals surface area (Å²) >= 11 is 0. The highest BCUT2D eigenvalue weighted by Gasteiger charge is 2.18. The fourth-order valence-electron chi connectivity index (χ4n) is 1.60. The number of hydrogen-bond acceptors (Lipinski definition) is 3. The molecule has 2 aromatic carbocycles. The Labute approximate surface area is 110 Å². The number of aromatic hydroxyl groups is 1. The van der Waals surface area contributed by atoms with Gasteiger partial charge in [0.1, 0.15) is 16.5 Å². The van der Waals surface area contributed by atoms with Crippen LogP contribution in [0.15, 0.2) is 47.4 Å². The van der Waals surface area contributed by atoms with Crippen molar-refractivity contribution in [1.82, 2.24) is 0 Å². The summed E-state index contributed by atoms with van der Waals surface area (Å²) in [5.41, 5.74) is 0.569. The largest absolute Gasteiger partial charge is 0.507 e. The van der Waals surface area contributed by atoms with E-state index in [1.165, 1.54) is 49.4 Å². The topological polar surface area (TPSA) is 66.4 Å². The van der Waals surface area contributed by atoms with Gasteiger partial charge in [-0.15, -0.1) is 0 Å². The first-order chi connectivity index (χ1) is 8.90. The molecule has 0 heterocycles. The molecule has 6 heteroatoms. The Morgan fingerprint density at radius 1 is 1.16 bits per heavy atom. The van der Waals surface area contributed by atoms with Crippen LogP contribution in [0.5, 0.6) is 5.75 Å². The second-order valence-electron chi connectivity index (χ2n) is 4.04. The quantitative estimate of drug-likeness (QED) is 0.909. The number of rotatable bonds is 3. The second-order valence-corrected chi connectivity index (χ2v) is 5.69. The van der Waals surface area contributed by atoms with Gasteiger partial charge in [0.25, 0.3) is 10.0 Å². The molecule has 0 unspecified atom stereocenters. The number of nitrogens with one attached hydrogen (secondary N) is 1. The summed E-state index contributed by atoms with van der Waals surface area (Å²) in [5.74, 6) is -0.751. The highest BCUT2D eigenvalue weighted by molar-refractivity contribution is 7.92. The van der Waals surface area contributed by atoms with Gasteiger partial charge in [0.2, 0.25) is 0 Å². The summed E-state index contributed by atoms with van der Waals surface area (Å²) in [6.45, 7) is 1.53. The molecule has 0 aliphatic carbocycles. The number of phenols is 1. The number of anilines is 1. The summed E-state index contributed by atoms with van der Waals surface area (Å²) in [6.07, 6.45) is 0. The average Bonchev–Trinajstić information content (AvgIpc) is 2.34. The molecule has 0 radical (unpaired) electrons. The highest BCUT2D eigenvalue weighted by Crippen LogP contribution is 2.24. The minimum Gasteiger partial charge on any atom is -0.507 e. The molecular formula is C13H12FNO3S. The number of aryl methyl sites for hydroxylation is 1. The molecule has 0 atom stereocenters. The van der Waals surface area contributed by atoms with E-state index >= 15 is 0 Å². The fourth-order valence-corrected chi connectivity index (χ4v) is 2.75. The Morgan fingerprint density at radius 3 is 2.47 bits per heavy atom. The lowest BCUT2D eigenvalue weighted by Gasteiger charge is -2.10. The first-order valence-corrected chi connectivity index (χ1v) is 6.95. The molecular weight excluding hydrogens is 269 g/mol. The number of para-hydroxylation sites is 1. The average molecular weight is 281 g/mol. The van der Waals surface area contributed by atoms with Crippen LogP contribution in [0.4, 0.5) is 10.1 Å². The highest BCUT2D eigenvalue weighted by atomic mass is 32.2. The van der Waals surface area contributed by atoms with Gasteiger partial charge >= 0.3 is 0 Å². The van der Waals surface area contributed by atoms with Gasteiger partial charge in [-0.25, -0.2) is 12.8 Å². The fraction of sp³-hybridized carbons (Fsp3) is 0.0769. The number of benzene rings is 2. The van der Waals surface area contributed by atoms with E-state index in [0.717, 1.165) is 0 Å². The Morgan fingerprint density at radius 2 is 1.84 bits per heavy atom. The van der Waals surface area contributed by atoms with Crippen LogP contribution in [-0.4, -0.2) is 13.5 Å². The van der Waals surface area contributed by atoms with Gasteiger partial charge < -0.3 is 5.11 Å². The van der Waals surface area contributed by atoms with E-state index < -0.39 is 15.8 Å². The van der Waals surface area contributed by atoms with E-state index in [4.69, 9.17) is 0 Å². The van der Waals surface area contributed by atoms with Crippen LogP contribution in [0.1, 0.15) is 5.56 Å². The van der Waals surface area contributed by atoms with Crippen LogP contribution in [0, 0.1) is 12.7 Å². The molecule has 19 heavy (non-hydrogen) atoms. The molecule has 2 N–H and O–H groups in total. The lowest BCUT2D eigenvalue weighted by Crippen LogP contribution is -2.13. The van der Waals surface area contributed by atoms with Crippen LogP contribution in [0.3, 0.4) is 0 Å². The van der Waals surface area contributed by atoms with Crippen molar-refractivity contribution in [2.24, 2.45) is 0 Å². The third-order valence-corrected chi connectivity index (χ3v) is 3.99. The van der Waals surface area contributed by atoms with Crippen molar-refractivity contribution in [1.29, 1.82) is 0 Å². The Balaban J connectivity index is 2.37. The Hall–Kier alpha value is -2.08. The third kappa shape index (κ3) is 2.85. The minimum atomic E-state index is -3.90. The van der Waals surface area contributed by atoms with Gasteiger partial charge in [0, 0.05) is 5.69 Å². The Kier molecular flexibility index (Phi) is 3.44. The van der Waals surface area contributed by atoms with Crippen LogP contribution in [-0.2, 0) is 10.0 Å². The monoisotopic (exact) mass is 281 g/mol. The molecule has 2 rings (SSSR count). The predicted octanol–water partition coefficient (Wildman–Crippen LogP) is 2.64. The van der Waals surface area contributed by atoms with Gasteiger partial charge in [-0.2, -0.15) is 0 Å². The summed E-state index contributed by atoms with van der Waals surface area (Å²) in [5, 5.41) is 9.54. The molecule has 0 saturated heterocycles. The maximum atomic E-state index is 13.1. The van der Waals surface area contributed by atoms with Gasteiger partial charge in [-0.3, -0.25) is 4.72 Å². The maximum Gasteiger partial charge on any atom is 0.265 e. The van der Waals surface area contributed by atoms with Crippen molar-refractivity contribution in [2.75, 3.05) is 4.72 Å². The second kappa shape index (κ2) is 4.89. The molecule has 0 spiro atoms. The Bertz CT molecular complexity index is 714. The zero-order valence-corrected chi connectivity index (χ0v) is 10.9. The van der Waals surface area contributed by atoms with Crippen molar-refractivity contribution in [3.8, 4) is 5.75 Å². The molecule has 0 fully saturated rings. The van der Waals surface area contributed by atoms with E-state index in [1.807, 2.05) is 0 Å². The molecule has 0 bridgehead atoms. The zero-order valence-electron chi connectivity index (χ0n) is 10.1. The van der Waals surface area contributed by atoms with Crippen molar-refractivity contribution in [2.45, 2.75) is 11.8 Å². The lowest BCUT2D eigenvalue weighted by atomic mass is 10.2. The molecule has 0 saturated carbocycles. The smallest absolute Gasteiger partial charge is 0.265 e. The summed E-state index contributed by atoms with van der Waals surface area (Å²) in [6, 6.07) is 9.48. The molecule has 0 amide bonds. The SMILES string of the molecule is Cc1cc(NS(=O)(=O)c2ccccc2O)ccc1F. The predicted molar refractivity (Wildman–Crippen MR) is 70.1 cm³/mol. The van der Waals surface area contributed by atoms with Crippen molar-refractivity contribution >= 4 is 15.7 Å². The van der Waals surface area contributed by atoms with Gasteiger partial charge in [0.05, 0.1) is 0 Å². The van der Waals surface area contributed by atoms with Crippen molar-refractivity contribution < 1.29 is 17.9 Å². The molecule has 100 valence electrons. The summed E-state index contributed by atoms with van der Waals surface area (Å²) in [7, 11) is -3.90. The van der Waals surface area contributed by atoms with Gasteiger partial charge in [0.15, 0.2) is 0 Å². The molecule has 0 aliphatic heterocycles. The number of sulfonamides is 1. The van der Waals surface area contributed by atoms with Crippen LogP contribution in [0.25, 0.3) is 0 Å². The first-order valence-electron chi connectivity index (χ1n) is 5.47. The van der Waals surface area contributed by atoms with Crippen LogP contribution in [0.2, 0.25) is 0 Å². The zero-order chi connectivity index (χ0) is 14.0. The van der Waals surface area contributed by atoms with Gasteiger partial charge in [-0.1, -0.05) is 12.1 Å². The number of phenolic OH excluding ortho intramolecular Hbond substituents is 1. The maximum absolute atomic E-state index is 13.1. The lowest BCUT2D eigenvalue weighted by molar-refractivity contribution is 0.459. The van der Waals surface area contributed by atoms with E-state index in [-0.39, 0.29) is 16.3 Å². The van der Waals surface area contributed by atoms with Crippen LogP contribution < -0.4 is 4.72 Å².